The molecule has 0 spiro atoms. The van der Waals surface area contributed by atoms with Crippen LogP contribution in [0.5, 0.6) is 0 Å². The number of benzene rings is 2. The first-order chi connectivity index (χ1) is 10.4. The lowest BCUT2D eigenvalue weighted by Gasteiger charge is -2.11. The van der Waals surface area contributed by atoms with Crippen LogP contribution in [-0.2, 0) is 4.57 Å². The van der Waals surface area contributed by atoms with Crippen LogP contribution in [0, 0.1) is 0 Å². The highest BCUT2D eigenvalue weighted by Crippen LogP contribution is 2.35. The zero-order valence-corrected chi connectivity index (χ0v) is 14.9. The zero-order valence-electron chi connectivity index (χ0n) is 12.4. The molecule has 1 aromatic heterocycles. The van der Waals surface area contributed by atoms with Crippen molar-refractivity contribution in [3.63, 3.8) is 0 Å². The quantitative estimate of drug-likeness (QED) is 0.656. The largest absolute Gasteiger partial charge is 0.340 e. The zero-order chi connectivity index (χ0) is 15.7. The molecule has 0 saturated heterocycles. The van der Waals surface area contributed by atoms with E-state index in [0.29, 0.717) is 0 Å². The van der Waals surface area contributed by atoms with Crippen LogP contribution in [0.15, 0.2) is 59.2 Å². The lowest BCUT2D eigenvalue weighted by atomic mass is 10.1. The average molecular weight is 375 g/mol. The van der Waals surface area contributed by atoms with Gasteiger partial charge in [-0.3, -0.25) is 0 Å². The molecule has 2 aromatic carbocycles. The molecule has 0 atom stereocenters. The van der Waals surface area contributed by atoms with E-state index >= 15 is 0 Å². The van der Waals surface area contributed by atoms with Gasteiger partial charge in [0, 0.05) is 32.4 Å². The lowest BCUT2D eigenvalue weighted by molar-refractivity contribution is 0.588. The topological polar surface area (TPSA) is 42.0 Å². The first-order valence-electron chi connectivity index (χ1n) is 6.91. The molecule has 5 heteroatoms. The maximum atomic E-state index is 12.1. The molecule has 3 aromatic rings. The predicted octanol–water partition coefficient (Wildman–Crippen LogP) is 4.99. The molecule has 112 valence electrons. The molecule has 0 aliphatic heterocycles. The van der Waals surface area contributed by atoms with E-state index < -0.39 is 7.14 Å². The number of rotatable bonds is 3. The second-order valence-corrected chi connectivity index (χ2v) is 9.59. The van der Waals surface area contributed by atoms with Crippen molar-refractivity contribution in [1.29, 1.82) is 0 Å². The summed E-state index contributed by atoms with van der Waals surface area (Å²) < 4.78 is 13.1. The number of anilines is 2. The highest BCUT2D eigenvalue weighted by molar-refractivity contribution is 9.10. The van der Waals surface area contributed by atoms with Crippen molar-refractivity contribution in [2.45, 2.75) is 0 Å². The molecule has 0 unspecified atom stereocenters. The number of fused-ring (bicyclic) bond motifs is 1. The molecule has 0 bridgehead atoms. The molecular formula is C17H16BrN2OP. The summed E-state index contributed by atoms with van der Waals surface area (Å²) >= 11 is 3.56. The molecule has 0 saturated carbocycles. The third-order valence-corrected chi connectivity index (χ3v) is 5.74. The fourth-order valence-corrected chi connectivity index (χ4v) is 3.67. The third-order valence-electron chi connectivity index (χ3n) is 3.50. The number of hydrogen-bond acceptors (Lipinski definition) is 3. The molecule has 1 heterocycles. The van der Waals surface area contributed by atoms with E-state index in [4.69, 9.17) is 0 Å². The Bertz CT molecular complexity index is 871. The molecule has 22 heavy (non-hydrogen) atoms. The van der Waals surface area contributed by atoms with Crippen LogP contribution in [0.1, 0.15) is 0 Å². The Morgan fingerprint density at radius 3 is 2.41 bits per heavy atom. The van der Waals surface area contributed by atoms with Gasteiger partial charge in [0.1, 0.15) is 13.0 Å². The first kappa shape index (κ1) is 15.3. The summed E-state index contributed by atoms with van der Waals surface area (Å²) in [5.74, 6) is 0.808. The van der Waals surface area contributed by atoms with Gasteiger partial charge < -0.3 is 9.88 Å². The lowest BCUT2D eigenvalue weighted by Crippen LogP contribution is -2.03. The Labute approximate surface area is 138 Å². The van der Waals surface area contributed by atoms with Gasteiger partial charge in [0.25, 0.3) is 0 Å². The van der Waals surface area contributed by atoms with Gasteiger partial charge in [-0.1, -0.05) is 28.1 Å². The number of hydrogen-bond donors (Lipinski definition) is 1. The van der Waals surface area contributed by atoms with Crippen LogP contribution in [-0.4, -0.2) is 18.3 Å². The molecule has 1 N–H and O–H groups in total. The van der Waals surface area contributed by atoms with Crippen molar-refractivity contribution in [2.24, 2.45) is 0 Å². The van der Waals surface area contributed by atoms with Crippen LogP contribution >= 0.6 is 23.1 Å². The predicted molar refractivity (Wildman–Crippen MR) is 98.3 cm³/mol. The summed E-state index contributed by atoms with van der Waals surface area (Å²) in [6.45, 7) is 3.55. The summed E-state index contributed by atoms with van der Waals surface area (Å²) in [5, 5.41) is 6.38. The standard InChI is InChI=1S/C17H16BrN2OP/c1-22(2,21)13-8-6-12(7-9-13)20-17-15-4-3-5-16(18)14(15)10-11-19-17/h3-11H,1-2H3,(H,19,20). The smallest absolute Gasteiger partial charge is 0.138 e. The Balaban J connectivity index is 1.97. The van der Waals surface area contributed by atoms with Crippen molar-refractivity contribution in [2.75, 3.05) is 18.6 Å². The number of aromatic nitrogens is 1. The molecule has 0 amide bonds. The van der Waals surface area contributed by atoms with E-state index in [1.165, 1.54) is 0 Å². The van der Waals surface area contributed by atoms with Gasteiger partial charge in [-0.25, -0.2) is 4.98 Å². The number of nitrogens with one attached hydrogen (secondary N) is 1. The van der Waals surface area contributed by atoms with Gasteiger partial charge >= 0.3 is 0 Å². The van der Waals surface area contributed by atoms with Crippen LogP contribution < -0.4 is 10.6 Å². The average Bonchev–Trinajstić information content (AvgIpc) is 2.48. The molecule has 3 rings (SSSR count). The SMILES string of the molecule is CP(C)(=O)c1ccc(Nc2nccc3c(Br)cccc23)cc1. The first-order valence-corrected chi connectivity index (χ1v) is 10.3. The third kappa shape index (κ3) is 3.08. The van der Waals surface area contributed by atoms with E-state index in [1.54, 1.807) is 19.5 Å². The van der Waals surface area contributed by atoms with Gasteiger partial charge in [0.2, 0.25) is 0 Å². The van der Waals surface area contributed by atoms with Gasteiger partial charge in [0.05, 0.1) is 0 Å². The highest BCUT2D eigenvalue weighted by atomic mass is 79.9. The Kier molecular flexibility index (Phi) is 4.07. The summed E-state index contributed by atoms with van der Waals surface area (Å²) in [7, 11) is -2.22. The van der Waals surface area contributed by atoms with Crippen LogP contribution in [0.3, 0.4) is 0 Å². The van der Waals surface area contributed by atoms with Gasteiger partial charge in [0.15, 0.2) is 0 Å². The van der Waals surface area contributed by atoms with E-state index in [2.05, 4.69) is 26.2 Å². The molecule has 0 aliphatic carbocycles. The number of nitrogens with zero attached hydrogens (tertiary/aromatic N) is 1. The van der Waals surface area contributed by atoms with Gasteiger partial charge in [-0.05, 0) is 49.7 Å². The van der Waals surface area contributed by atoms with Crippen LogP contribution in [0.2, 0.25) is 0 Å². The van der Waals surface area contributed by atoms with Crippen molar-refractivity contribution < 1.29 is 4.57 Å². The van der Waals surface area contributed by atoms with Crippen LogP contribution in [0.25, 0.3) is 10.8 Å². The maximum Gasteiger partial charge on any atom is 0.138 e. The number of pyridine rings is 1. The summed E-state index contributed by atoms with van der Waals surface area (Å²) in [4.78, 5) is 4.43. The summed E-state index contributed by atoms with van der Waals surface area (Å²) in [5.41, 5.74) is 0.928. The fraction of sp³-hybridized carbons (Fsp3) is 0.118. The summed E-state index contributed by atoms with van der Waals surface area (Å²) in [6.07, 6.45) is 1.79. The normalized spacial score (nSPS) is 11.6. The maximum absolute atomic E-state index is 12.1. The minimum atomic E-state index is -2.22. The molecule has 0 aliphatic rings. The van der Waals surface area contributed by atoms with Crippen molar-refractivity contribution in [1.82, 2.24) is 4.98 Å². The number of halogens is 1. The van der Waals surface area contributed by atoms with E-state index in [9.17, 15) is 4.57 Å². The summed E-state index contributed by atoms with van der Waals surface area (Å²) in [6, 6.07) is 15.7. The minimum absolute atomic E-state index is 0.808. The van der Waals surface area contributed by atoms with E-state index in [0.717, 1.165) is 32.1 Å². The van der Waals surface area contributed by atoms with E-state index in [-0.39, 0.29) is 0 Å². The second-order valence-electron chi connectivity index (χ2n) is 5.52. The monoisotopic (exact) mass is 374 g/mol. The molecule has 0 radical (unpaired) electrons. The van der Waals surface area contributed by atoms with Crippen molar-refractivity contribution in [3.05, 3.63) is 59.2 Å². The molecule has 3 nitrogen and oxygen atoms in total. The Morgan fingerprint density at radius 1 is 1.00 bits per heavy atom. The Morgan fingerprint density at radius 2 is 1.73 bits per heavy atom. The fourth-order valence-electron chi connectivity index (χ4n) is 2.31. The molecule has 0 fully saturated rings. The second kappa shape index (κ2) is 5.86. The Hall–Kier alpha value is -1.64. The minimum Gasteiger partial charge on any atom is -0.340 e. The molecular weight excluding hydrogens is 359 g/mol. The van der Waals surface area contributed by atoms with Crippen molar-refractivity contribution >= 4 is 50.7 Å². The van der Waals surface area contributed by atoms with Crippen molar-refractivity contribution in [3.8, 4) is 0 Å². The van der Waals surface area contributed by atoms with E-state index in [1.807, 2.05) is 48.5 Å². The highest BCUT2D eigenvalue weighted by Gasteiger charge is 2.10. The van der Waals surface area contributed by atoms with Gasteiger partial charge in [-0.2, -0.15) is 0 Å². The van der Waals surface area contributed by atoms with Crippen LogP contribution in [0.4, 0.5) is 11.5 Å². The van der Waals surface area contributed by atoms with Gasteiger partial charge in [-0.15, -0.1) is 0 Å².